The molecule has 43 heavy (non-hydrogen) atoms. The van der Waals surface area contributed by atoms with E-state index < -0.39 is 30.0 Å². The smallest absolute Gasteiger partial charge is 0.295 e. The molecule has 1 aromatic heterocycles. The summed E-state index contributed by atoms with van der Waals surface area (Å²) in [6.07, 6.45) is 0. The minimum absolute atomic E-state index is 0.0938. The van der Waals surface area contributed by atoms with E-state index in [1.165, 1.54) is 18.2 Å². The first-order valence-corrected chi connectivity index (χ1v) is 15.8. The number of hydrogen-bond acceptors (Lipinski definition) is 10. The largest absolute Gasteiger partial charge is 0.389 e. The second kappa shape index (κ2) is 11.4. The van der Waals surface area contributed by atoms with E-state index in [4.69, 9.17) is 5.73 Å². The van der Waals surface area contributed by atoms with Crippen LogP contribution in [0.4, 0.5) is 21.4 Å². The highest BCUT2D eigenvalue weighted by atomic mass is 32.2. The molecule has 0 fully saturated rings. The molecule has 0 radical (unpaired) electrons. The fraction of sp³-hybridized carbons (Fsp3) is 0. The van der Waals surface area contributed by atoms with Gasteiger partial charge in [0.1, 0.15) is 25.9 Å². The molecule has 5 N–H and O–H groups in total. The molecule has 0 unspecified atom stereocenters. The summed E-state index contributed by atoms with van der Waals surface area (Å²) in [4.78, 5) is 11.4. The topological polar surface area (TPSA) is 212 Å². The molecule has 4 aromatic carbocycles. The summed E-state index contributed by atoms with van der Waals surface area (Å²) in [6.45, 7) is 0. The molecule has 1 heterocycles. The molecule has 0 bridgehead atoms. The molecular formula is C28H19N5O7S3. The average Bonchev–Trinajstić information content (AvgIpc) is 3.29. The predicted octanol–water partition coefficient (Wildman–Crippen LogP) is 6.18. The lowest BCUT2D eigenvalue weighted by Crippen LogP contribution is -2.11. The number of nitrogens with one attached hydrogen (secondary N) is 1. The van der Waals surface area contributed by atoms with Gasteiger partial charge in [0, 0.05) is 27.6 Å². The van der Waals surface area contributed by atoms with Gasteiger partial charge in [0.15, 0.2) is 0 Å². The standard InChI is InChI=1S/C28H19N5O7S3/c29-15-22-25(17-8-4-9-18(12-17)31-27(34)16-6-2-1-3-7-16)28(41-26(22)30)33-32-19-13-21-20(24(14-19)43(38,39)40)10-5-11-23(21)42(35,36)37/h1-14H,30H2,(H,31,34)(H,35,36,37)(H,38,39,40)/b33-32+. The average molecular weight is 634 g/mol. The molecule has 5 rings (SSSR count). The number of fused-ring (bicyclic) bond motifs is 1. The molecule has 1 amide bonds. The van der Waals surface area contributed by atoms with E-state index in [-0.39, 0.29) is 37.9 Å². The van der Waals surface area contributed by atoms with Crippen LogP contribution in [0.5, 0.6) is 0 Å². The molecule has 0 aliphatic rings. The maximum absolute atomic E-state index is 12.7. The van der Waals surface area contributed by atoms with Gasteiger partial charge in [-0.3, -0.25) is 13.9 Å². The zero-order valence-electron chi connectivity index (χ0n) is 21.7. The summed E-state index contributed by atoms with van der Waals surface area (Å²) in [5.41, 5.74) is 7.63. The Morgan fingerprint density at radius 3 is 2.21 bits per heavy atom. The number of carbonyl (C=O) groups is 1. The molecular weight excluding hydrogens is 615 g/mol. The third-order valence-electron chi connectivity index (χ3n) is 6.19. The Morgan fingerprint density at radius 1 is 0.837 bits per heavy atom. The molecule has 15 heteroatoms. The van der Waals surface area contributed by atoms with Crippen LogP contribution in [-0.4, -0.2) is 31.8 Å². The maximum Gasteiger partial charge on any atom is 0.295 e. The van der Waals surface area contributed by atoms with Crippen molar-refractivity contribution in [3.05, 3.63) is 96.1 Å². The number of nitrogens with two attached hydrogens (primary N) is 1. The van der Waals surface area contributed by atoms with Crippen LogP contribution in [0.3, 0.4) is 0 Å². The fourth-order valence-electron chi connectivity index (χ4n) is 4.34. The molecule has 0 saturated heterocycles. The van der Waals surface area contributed by atoms with Gasteiger partial charge in [0.2, 0.25) is 0 Å². The van der Waals surface area contributed by atoms with E-state index in [0.717, 1.165) is 23.5 Å². The van der Waals surface area contributed by atoms with E-state index in [1.54, 1.807) is 54.6 Å². The van der Waals surface area contributed by atoms with Crippen molar-refractivity contribution in [2.24, 2.45) is 10.2 Å². The Morgan fingerprint density at radius 2 is 1.53 bits per heavy atom. The Hall–Kier alpha value is -4.98. The number of benzene rings is 4. The first kappa shape index (κ1) is 29.5. The van der Waals surface area contributed by atoms with E-state index in [0.29, 0.717) is 22.4 Å². The van der Waals surface area contributed by atoms with Crippen molar-refractivity contribution in [2.45, 2.75) is 9.79 Å². The number of amides is 1. The number of thiophene rings is 1. The lowest BCUT2D eigenvalue weighted by atomic mass is 10.0. The summed E-state index contributed by atoms with van der Waals surface area (Å²) >= 11 is 0.921. The Bertz CT molecular complexity index is 2210. The Balaban J connectivity index is 1.60. The first-order valence-electron chi connectivity index (χ1n) is 12.1. The second-order valence-corrected chi connectivity index (χ2v) is 12.8. The fourth-order valence-corrected chi connectivity index (χ4v) is 6.62. The minimum atomic E-state index is -4.86. The molecule has 0 atom stereocenters. The van der Waals surface area contributed by atoms with Gasteiger partial charge in [-0.15, -0.1) is 10.2 Å². The zero-order valence-corrected chi connectivity index (χ0v) is 24.1. The van der Waals surface area contributed by atoms with E-state index in [1.807, 2.05) is 6.07 Å². The van der Waals surface area contributed by atoms with Crippen LogP contribution >= 0.6 is 11.3 Å². The highest BCUT2D eigenvalue weighted by molar-refractivity contribution is 7.86. The van der Waals surface area contributed by atoms with E-state index >= 15 is 0 Å². The first-order chi connectivity index (χ1) is 20.4. The van der Waals surface area contributed by atoms with Gasteiger partial charge in [0.05, 0.1) is 11.3 Å². The number of azo groups is 1. The summed E-state index contributed by atoms with van der Waals surface area (Å²) in [5.74, 6) is -0.349. The number of nitrogen functional groups attached to an aromatic ring is 1. The van der Waals surface area contributed by atoms with Gasteiger partial charge in [-0.2, -0.15) is 22.1 Å². The summed E-state index contributed by atoms with van der Waals surface area (Å²) < 4.78 is 67.7. The van der Waals surface area contributed by atoms with E-state index in [2.05, 4.69) is 15.5 Å². The van der Waals surface area contributed by atoms with Gasteiger partial charge in [-0.25, -0.2) is 0 Å². The predicted molar refractivity (Wildman–Crippen MR) is 161 cm³/mol. The van der Waals surface area contributed by atoms with Crippen LogP contribution in [0, 0.1) is 11.3 Å². The van der Waals surface area contributed by atoms with Crippen molar-refractivity contribution in [1.29, 1.82) is 5.26 Å². The molecule has 0 aliphatic carbocycles. The molecule has 0 saturated carbocycles. The van der Waals surface area contributed by atoms with Crippen molar-refractivity contribution < 1.29 is 30.7 Å². The highest BCUT2D eigenvalue weighted by Crippen LogP contribution is 2.45. The van der Waals surface area contributed by atoms with Gasteiger partial charge in [0.25, 0.3) is 26.1 Å². The van der Waals surface area contributed by atoms with Crippen LogP contribution < -0.4 is 11.1 Å². The molecule has 0 spiro atoms. The number of nitrogens with zero attached hydrogens (tertiary/aromatic N) is 3. The zero-order chi connectivity index (χ0) is 30.9. The van der Waals surface area contributed by atoms with Crippen LogP contribution in [-0.2, 0) is 20.2 Å². The Kier molecular flexibility index (Phi) is 7.80. The number of hydrogen-bond donors (Lipinski definition) is 4. The van der Waals surface area contributed by atoms with Crippen LogP contribution in [0.15, 0.2) is 105 Å². The van der Waals surface area contributed by atoms with Crippen LogP contribution in [0.1, 0.15) is 15.9 Å². The number of nitriles is 1. The maximum atomic E-state index is 12.7. The van der Waals surface area contributed by atoms with Crippen LogP contribution in [0.2, 0.25) is 0 Å². The van der Waals surface area contributed by atoms with Crippen molar-refractivity contribution >= 4 is 69.6 Å². The van der Waals surface area contributed by atoms with Crippen molar-refractivity contribution in [1.82, 2.24) is 0 Å². The summed E-state index contributed by atoms with van der Waals surface area (Å²) in [7, 11) is -9.65. The third-order valence-corrected chi connectivity index (χ3v) is 8.90. The third kappa shape index (κ3) is 6.14. The van der Waals surface area contributed by atoms with Gasteiger partial charge >= 0.3 is 0 Å². The molecule has 12 nitrogen and oxygen atoms in total. The number of anilines is 2. The monoisotopic (exact) mass is 633 g/mol. The molecule has 0 aliphatic heterocycles. The second-order valence-electron chi connectivity index (χ2n) is 8.98. The summed E-state index contributed by atoms with van der Waals surface area (Å²) in [6, 6.07) is 22.9. The molecule has 5 aromatic rings. The van der Waals surface area contributed by atoms with Crippen molar-refractivity contribution in [2.75, 3.05) is 11.1 Å². The minimum Gasteiger partial charge on any atom is -0.389 e. The van der Waals surface area contributed by atoms with Crippen molar-refractivity contribution in [3.8, 4) is 17.2 Å². The number of carbonyl (C=O) groups excluding carboxylic acids is 1. The molecule has 216 valence electrons. The highest BCUT2D eigenvalue weighted by Gasteiger charge is 2.22. The summed E-state index contributed by atoms with van der Waals surface area (Å²) in [5, 5.41) is 20.7. The van der Waals surface area contributed by atoms with Gasteiger partial charge < -0.3 is 11.1 Å². The van der Waals surface area contributed by atoms with Crippen LogP contribution in [0.25, 0.3) is 21.9 Å². The van der Waals surface area contributed by atoms with E-state index in [9.17, 15) is 36.0 Å². The van der Waals surface area contributed by atoms with Gasteiger partial charge in [-0.05, 0) is 48.0 Å². The number of rotatable bonds is 7. The Labute approximate surface area is 249 Å². The quantitative estimate of drug-likeness (QED) is 0.119. The van der Waals surface area contributed by atoms with Crippen molar-refractivity contribution in [3.63, 3.8) is 0 Å². The SMILES string of the molecule is N#Cc1c(N)sc(/N=N/c2cc(S(=O)(=O)O)c3cccc(S(=O)(=O)O)c3c2)c1-c1cccc(NC(=O)c2ccccc2)c1. The lowest BCUT2D eigenvalue weighted by molar-refractivity contribution is 0.102. The normalized spacial score (nSPS) is 11.9. The lowest BCUT2D eigenvalue weighted by Gasteiger charge is -2.09. The van der Waals surface area contributed by atoms with Gasteiger partial charge in [-0.1, -0.05) is 53.8 Å².